The van der Waals surface area contributed by atoms with Crippen LogP contribution >= 0.6 is 0 Å². The van der Waals surface area contributed by atoms with Crippen LogP contribution in [0.2, 0.25) is 0 Å². The first-order valence-electron chi connectivity index (χ1n) is 8.10. The van der Waals surface area contributed by atoms with Crippen molar-refractivity contribution < 1.29 is 4.79 Å². The standard InChI is InChI=1S/C18H18N4O/c19-12-14-11-17(20-16-4-2-1-3-15(14)16)21-7-9-22(10-8-21)18(23)13-5-6-13/h1-4,11,13H,5-10H2. The van der Waals surface area contributed by atoms with Gasteiger partial charge in [-0.2, -0.15) is 5.26 Å². The molecular weight excluding hydrogens is 288 g/mol. The van der Waals surface area contributed by atoms with E-state index in [1.54, 1.807) is 0 Å². The number of carbonyl (C=O) groups is 1. The first-order valence-corrected chi connectivity index (χ1v) is 8.10. The van der Waals surface area contributed by atoms with Crippen molar-refractivity contribution in [2.24, 2.45) is 5.92 Å². The summed E-state index contributed by atoms with van der Waals surface area (Å²) in [6.07, 6.45) is 2.10. The number of benzene rings is 1. The summed E-state index contributed by atoms with van der Waals surface area (Å²) in [4.78, 5) is 21.0. The van der Waals surface area contributed by atoms with Crippen molar-refractivity contribution in [2.75, 3.05) is 31.1 Å². The minimum atomic E-state index is 0.283. The molecular formula is C18H18N4O. The number of para-hydroxylation sites is 1. The molecule has 1 saturated carbocycles. The Bertz CT molecular complexity index is 798. The van der Waals surface area contributed by atoms with E-state index in [9.17, 15) is 10.1 Å². The van der Waals surface area contributed by atoms with Crippen molar-refractivity contribution in [2.45, 2.75) is 12.8 Å². The number of hydrogen-bond donors (Lipinski definition) is 0. The zero-order valence-corrected chi connectivity index (χ0v) is 12.9. The van der Waals surface area contributed by atoms with Gasteiger partial charge in [-0.1, -0.05) is 18.2 Å². The second kappa shape index (κ2) is 5.54. The Balaban J connectivity index is 1.56. The molecule has 23 heavy (non-hydrogen) atoms. The van der Waals surface area contributed by atoms with E-state index in [1.165, 1.54) is 0 Å². The summed E-state index contributed by atoms with van der Waals surface area (Å²) in [5.74, 6) is 1.43. The number of rotatable bonds is 2. The summed E-state index contributed by atoms with van der Waals surface area (Å²) in [6.45, 7) is 3.03. The van der Waals surface area contributed by atoms with Crippen LogP contribution in [0.15, 0.2) is 30.3 Å². The highest BCUT2D eigenvalue weighted by atomic mass is 16.2. The second-order valence-electron chi connectivity index (χ2n) is 6.24. The number of hydrogen-bond acceptors (Lipinski definition) is 4. The normalized spacial score (nSPS) is 18.0. The average Bonchev–Trinajstić information content (AvgIpc) is 3.45. The van der Waals surface area contributed by atoms with Crippen molar-refractivity contribution in [1.82, 2.24) is 9.88 Å². The zero-order chi connectivity index (χ0) is 15.8. The molecule has 1 aromatic heterocycles. The number of piperazine rings is 1. The fraction of sp³-hybridized carbons (Fsp3) is 0.389. The Kier molecular flexibility index (Phi) is 3.38. The molecule has 1 aromatic carbocycles. The zero-order valence-electron chi connectivity index (χ0n) is 12.9. The van der Waals surface area contributed by atoms with Gasteiger partial charge < -0.3 is 9.80 Å². The number of amides is 1. The summed E-state index contributed by atoms with van der Waals surface area (Å²) in [5, 5.41) is 10.3. The van der Waals surface area contributed by atoms with Crippen LogP contribution in [0.3, 0.4) is 0 Å². The van der Waals surface area contributed by atoms with Gasteiger partial charge in [0.15, 0.2) is 0 Å². The van der Waals surface area contributed by atoms with Crippen LogP contribution in [-0.2, 0) is 4.79 Å². The van der Waals surface area contributed by atoms with Crippen molar-refractivity contribution in [3.8, 4) is 6.07 Å². The Labute approximate surface area is 135 Å². The molecule has 2 fully saturated rings. The molecule has 0 N–H and O–H groups in total. The minimum absolute atomic E-state index is 0.283. The molecule has 1 aliphatic carbocycles. The molecule has 5 heteroatoms. The lowest BCUT2D eigenvalue weighted by molar-refractivity contribution is -0.132. The molecule has 2 aliphatic rings. The van der Waals surface area contributed by atoms with Gasteiger partial charge >= 0.3 is 0 Å². The maximum Gasteiger partial charge on any atom is 0.225 e. The average molecular weight is 306 g/mol. The number of carbonyl (C=O) groups excluding carboxylic acids is 1. The Morgan fingerprint density at radius 3 is 2.61 bits per heavy atom. The Hall–Kier alpha value is -2.61. The van der Waals surface area contributed by atoms with Crippen LogP contribution in [0.5, 0.6) is 0 Å². The SMILES string of the molecule is N#Cc1cc(N2CCN(C(=O)C3CC3)CC2)nc2ccccc12. The third kappa shape index (κ3) is 2.61. The Morgan fingerprint density at radius 1 is 1.17 bits per heavy atom. The molecule has 0 radical (unpaired) electrons. The van der Waals surface area contributed by atoms with Crippen LogP contribution in [0, 0.1) is 17.2 Å². The number of nitriles is 1. The lowest BCUT2D eigenvalue weighted by atomic mass is 10.1. The van der Waals surface area contributed by atoms with Crippen molar-refractivity contribution >= 4 is 22.6 Å². The number of fused-ring (bicyclic) bond motifs is 1. The van der Waals surface area contributed by atoms with Gasteiger partial charge in [0.1, 0.15) is 5.82 Å². The molecule has 5 nitrogen and oxygen atoms in total. The van der Waals surface area contributed by atoms with Crippen molar-refractivity contribution in [3.63, 3.8) is 0 Å². The van der Waals surface area contributed by atoms with Crippen LogP contribution in [0.4, 0.5) is 5.82 Å². The van der Waals surface area contributed by atoms with Crippen molar-refractivity contribution in [3.05, 3.63) is 35.9 Å². The summed E-state index contributed by atoms with van der Waals surface area (Å²) in [5.41, 5.74) is 1.50. The molecule has 0 unspecified atom stereocenters. The molecule has 2 heterocycles. The van der Waals surface area contributed by atoms with E-state index in [0.29, 0.717) is 11.5 Å². The van der Waals surface area contributed by atoms with E-state index in [0.717, 1.165) is 55.7 Å². The quantitative estimate of drug-likeness (QED) is 0.853. The van der Waals surface area contributed by atoms with Crippen LogP contribution in [0.25, 0.3) is 10.9 Å². The highest BCUT2D eigenvalue weighted by Gasteiger charge is 2.34. The first-order chi connectivity index (χ1) is 11.3. The van der Waals surface area contributed by atoms with E-state index < -0.39 is 0 Å². The summed E-state index contributed by atoms with van der Waals surface area (Å²) in [7, 11) is 0. The summed E-state index contributed by atoms with van der Waals surface area (Å²) >= 11 is 0. The van der Waals surface area contributed by atoms with Gasteiger partial charge in [-0.15, -0.1) is 0 Å². The van der Waals surface area contributed by atoms with Crippen LogP contribution < -0.4 is 4.90 Å². The minimum Gasteiger partial charge on any atom is -0.353 e. The second-order valence-corrected chi connectivity index (χ2v) is 6.24. The molecule has 0 atom stereocenters. The predicted octanol–water partition coefficient (Wildman–Crippen LogP) is 2.17. The van der Waals surface area contributed by atoms with Crippen molar-refractivity contribution in [1.29, 1.82) is 5.26 Å². The third-order valence-corrected chi connectivity index (χ3v) is 4.67. The molecule has 1 aliphatic heterocycles. The molecule has 1 saturated heterocycles. The van der Waals surface area contributed by atoms with Gasteiger partial charge in [-0.25, -0.2) is 4.98 Å². The van der Waals surface area contributed by atoms with Crippen LogP contribution in [0.1, 0.15) is 18.4 Å². The van der Waals surface area contributed by atoms with Gasteiger partial charge in [0.2, 0.25) is 5.91 Å². The lowest BCUT2D eigenvalue weighted by Gasteiger charge is -2.35. The maximum absolute atomic E-state index is 12.1. The Morgan fingerprint density at radius 2 is 1.91 bits per heavy atom. The maximum atomic E-state index is 12.1. The molecule has 4 rings (SSSR count). The van der Waals surface area contributed by atoms with Gasteiger partial charge in [0.25, 0.3) is 0 Å². The third-order valence-electron chi connectivity index (χ3n) is 4.67. The largest absolute Gasteiger partial charge is 0.353 e. The van der Waals surface area contributed by atoms with Crippen LogP contribution in [-0.4, -0.2) is 42.0 Å². The highest BCUT2D eigenvalue weighted by Crippen LogP contribution is 2.31. The summed E-state index contributed by atoms with van der Waals surface area (Å²) < 4.78 is 0. The number of nitrogens with zero attached hydrogens (tertiary/aromatic N) is 4. The molecule has 116 valence electrons. The number of pyridine rings is 1. The fourth-order valence-electron chi connectivity index (χ4n) is 3.16. The fourth-order valence-corrected chi connectivity index (χ4v) is 3.16. The highest BCUT2D eigenvalue weighted by molar-refractivity contribution is 5.86. The predicted molar refractivity (Wildman–Crippen MR) is 88.0 cm³/mol. The first kappa shape index (κ1) is 14.0. The molecule has 2 aromatic rings. The van der Waals surface area contributed by atoms with Gasteiger partial charge in [-0.05, 0) is 25.0 Å². The topological polar surface area (TPSA) is 60.2 Å². The van der Waals surface area contributed by atoms with E-state index >= 15 is 0 Å². The van der Waals surface area contributed by atoms with E-state index in [4.69, 9.17) is 4.98 Å². The molecule has 1 amide bonds. The number of anilines is 1. The van der Waals surface area contributed by atoms with E-state index in [2.05, 4.69) is 11.0 Å². The monoisotopic (exact) mass is 306 g/mol. The number of aromatic nitrogens is 1. The molecule has 0 spiro atoms. The van der Waals surface area contributed by atoms with Gasteiger partial charge in [-0.3, -0.25) is 4.79 Å². The van der Waals surface area contributed by atoms with Gasteiger partial charge in [0.05, 0.1) is 17.1 Å². The smallest absolute Gasteiger partial charge is 0.225 e. The van der Waals surface area contributed by atoms with E-state index in [1.807, 2.05) is 35.2 Å². The molecule has 0 bridgehead atoms. The van der Waals surface area contributed by atoms with Gasteiger partial charge in [0, 0.05) is 37.5 Å². The van der Waals surface area contributed by atoms with E-state index in [-0.39, 0.29) is 5.92 Å². The summed E-state index contributed by atoms with van der Waals surface area (Å²) in [6, 6.07) is 11.9. The lowest BCUT2D eigenvalue weighted by Crippen LogP contribution is -2.49.